The van der Waals surface area contributed by atoms with E-state index in [1.54, 1.807) is 4.90 Å². The molecule has 0 bridgehead atoms. The van der Waals surface area contributed by atoms with Gasteiger partial charge < -0.3 is 15.1 Å². The zero-order chi connectivity index (χ0) is 23.3. The first-order chi connectivity index (χ1) is 15.1. The van der Waals surface area contributed by atoms with Crippen molar-refractivity contribution in [2.75, 3.05) is 6.54 Å². The summed E-state index contributed by atoms with van der Waals surface area (Å²) < 4.78 is 42.5. The molecule has 2 aliphatic rings. The van der Waals surface area contributed by atoms with Crippen LogP contribution >= 0.6 is 34.5 Å². The summed E-state index contributed by atoms with van der Waals surface area (Å²) in [5.41, 5.74) is -1.20. The van der Waals surface area contributed by atoms with Gasteiger partial charge in [0.1, 0.15) is 5.84 Å². The van der Waals surface area contributed by atoms with Crippen LogP contribution in [0.2, 0.25) is 10.0 Å². The fraction of sp³-hybridized carbons (Fsp3) is 0.333. The topological polar surface area (TPSA) is 53.9 Å². The molecule has 0 aliphatic carbocycles. The first-order valence-corrected chi connectivity index (χ1v) is 11.0. The van der Waals surface area contributed by atoms with Gasteiger partial charge in [0.25, 0.3) is 11.5 Å². The van der Waals surface area contributed by atoms with Crippen LogP contribution in [-0.2, 0) is 23.5 Å². The van der Waals surface area contributed by atoms with Crippen LogP contribution in [0.3, 0.4) is 0 Å². The van der Waals surface area contributed by atoms with E-state index < -0.39 is 18.2 Å². The number of halogens is 5. The predicted molar refractivity (Wildman–Crippen MR) is 117 cm³/mol. The maximum atomic E-state index is 14.2. The Morgan fingerprint density at radius 2 is 2.03 bits per heavy atom. The van der Waals surface area contributed by atoms with Crippen LogP contribution in [0.4, 0.5) is 13.2 Å². The van der Waals surface area contributed by atoms with Gasteiger partial charge in [-0.3, -0.25) is 4.79 Å². The average molecular weight is 502 g/mol. The molecule has 1 unspecified atom stereocenters. The predicted octanol–water partition coefficient (Wildman–Crippen LogP) is 5.23. The molecule has 5 nitrogen and oxygen atoms in total. The van der Waals surface area contributed by atoms with Crippen LogP contribution in [0.5, 0.6) is 0 Å². The number of carbonyl (C=O) groups is 1. The summed E-state index contributed by atoms with van der Waals surface area (Å²) in [6.45, 7) is 2.58. The van der Waals surface area contributed by atoms with E-state index in [2.05, 4.69) is 16.4 Å². The van der Waals surface area contributed by atoms with Gasteiger partial charge in [-0.25, -0.2) is 0 Å². The molecule has 32 heavy (non-hydrogen) atoms. The Morgan fingerprint density at radius 1 is 1.34 bits per heavy atom. The normalized spacial score (nSPS) is 19.9. The van der Waals surface area contributed by atoms with E-state index in [4.69, 9.17) is 34.5 Å². The number of amides is 1. The minimum absolute atomic E-state index is 0.0720. The molecule has 11 heteroatoms. The van der Waals surface area contributed by atoms with Gasteiger partial charge in [-0.15, -0.1) is 17.8 Å². The second kappa shape index (κ2) is 8.18. The summed E-state index contributed by atoms with van der Waals surface area (Å²) in [6, 6.07) is 3.73. The molecular formula is C21H16Cl2F3N3O2S. The van der Waals surface area contributed by atoms with Gasteiger partial charge >= 0.3 is 6.18 Å². The fourth-order valence-corrected chi connectivity index (χ4v) is 5.59. The maximum absolute atomic E-state index is 14.2. The van der Waals surface area contributed by atoms with E-state index in [9.17, 15) is 18.0 Å². The Hall–Kier alpha value is -2.41. The molecule has 0 saturated heterocycles. The number of alkyl halides is 3. The number of amidine groups is 1. The van der Waals surface area contributed by atoms with Crippen molar-refractivity contribution < 1.29 is 22.8 Å². The lowest BCUT2D eigenvalue weighted by Crippen LogP contribution is -2.43. The molecule has 4 rings (SSSR count). The van der Waals surface area contributed by atoms with Gasteiger partial charge in [-0.05, 0) is 36.2 Å². The summed E-state index contributed by atoms with van der Waals surface area (Å²) in [4.78, 5) is 20.5. The molecule has 0 saturated carbocycles. The standard InChI is InChI=1S/C21H16Cl2F3N3O2S/c1-3-4-27-19(30)18-11(2)15-9-29(10-16(15)32-18)17-8-20(31-28-17,21(24,25)26)12-5-13(22)7-14(23)6-12/h1,5-7H,4,8-10H2,2H3,(H,27,30). The quantitative estimate of drug-likeness (QED) is 0.585. The van der Waals surface area contributed by atoms with E-state index in [0.29, 0.717) is 18.0 Å². The van der Waals surface area contributed by atoms with Crippen molar-refractivity contribution in [3.63, 3.8) is 0 Å². The molecule has 3 heterocycles. The van der Waals surface area contributed by atoms with Gasteiger partial charge in [-0.2, -0.15) is 13.2 Å². The van der Waals surface area contributed by atoms with E-state index in [1.165, 1.54) is 29.5 Å². The van der Waals surface area contributed by atoms with Gasteiger partial charge in [0, 0.05) is 27.0 Å². The van der Waals surface area contributed by atoms with Crippen LogP contribution in [0.15, 0.2) is 23.4 Å². The monoisotopic (exact) mass is 501 g/mol. The minimum Gasteiger partial charge on any atom is -0.372 e. The lowest BCUT2D eigenvalue weighted by molar-refractivity contribution is -0.275. The van der Waals surface area contributed by atoms with Crippen LogP contribution < -0.4 is 5.32 Å². The maximum Gasteiger partial charge on any atom is 0.435 e. The van der Waals surface area contributed by atoms with Crippen LogP contribution in [0, 0.1) is 19.3 Å². The van der Waals surface area contributed by atoms with Crippen molar-refractivity contribution in [3.8, 4) is 12.3 Å². The highest BCUT2D eigenvalue weighted by Crippen LogP contribution is 2.50. The van der Waals surface area contributed by atoms with Crippen LogP contribution in [0.1, 0.15) is 37.7 Å². The molecule has 0 fully saturated rings. The van der Waals surface area contributed by atoms with Gasteiger partial charge in [0.2, 0.25) is 0 Å². The largest absolute Gasteiger partial charge is 0.435 e. The number of fused-ring (bicyclic) bond motifs is 1. The first kappa shape index (κ1) is 22.8. The molecule has 1 atom stereocenters. The molecule has 0 radical (unpaired) electrons. The summed E-state index contributed by atoms with van der Waals surface area (Å²) in [7, 11) is 0. The number of hydrogen-bond donors (Lipinski definition) is 1. The third-order valence-corrected chi connectivity index (χ3v) is 7.22. The number of nitrogens with zero attached hydrogens (tertiary/aromatic N) is 2. The molecule has 2 aliphatic heterocycles. The molecule has 1 N–H and O–H groups in total. The van der Waals surface area contributed by atoms with Crippen LogP contribution in [0.25, 0.3) is 0 Å². The van der Waals surface area contributed by atoms with Crippen molar-refractivity contribution in [1.29, 1.82) is 0 Å². The second-order valence-electron chi connectivity index (χ2n) is 7.46. The summed E-state index contributed by atoms with van der Waals surface area (Å²) >= 11 is 13.2. The third kappa shape index (κ3) is 3.81. The number of thiophene rings is 1. The Labute approximate surface area is 196 Å². The van der Waals surface area contributed by atoms with E-state index in [0.717, 1.165) is 16.0 Å². The average Bonchev–Trinajstić information content (AvgIpc) is 3.39. The number of rotatable bonds is 3. The Bertz CT molecular complexity index is 1150. The number of nitrogens with one attached hydrogen (secondary N) is 1. The fourth-order valence-electron chi connectivity index (χ4n) is 3.82. The third-order valence-electron chi connectivity index (χ3n) is 5.46. The van der Waals surface area contributed by atoms with Crippen molar-refractivity contribution in [1.82, 2.24) is 10.2 Å². The van der Waals surface area contributed by atoms with Crippen molar-refractivity contribution in [3.05, 3.63) is 54.7 Å². The highest BCUT2D eigenvalue weighted by molar-refractivity contribution is 7.14. The van der Waals surface area contributed by atoms with Crippen molar-refractivity contribution in [2.24, 2.45) is 5.16 Å². The van der Waals surface area contributed by atoms with Crippen LogP contribution in [-0.4, -0.2) is 29.4 Å². The summed E-state index contributed by atoms with van der Waals surface area (Å²) in [6.07, 6.45) is -0.0955. The molecule has 0 spiro atoms. The molecule has 1 amide bonds. The van der Waals surface area contributed by atoms with E-state index in [-0.39, 0.29) is 33.9 Å². The smallest absolute Gasteiger partial charge is 0.372 e. The van der Waals surface area contributed by atoms with Gasteiger partial charge in [0.05, 0.1) is 24.4 Å². The Balaban J connectivity index is 1.57. The molecule has 1 aromatic heterocycles. The van der Waals surface area contributed by atoms with E-state index >= 15 is 0 Å². The zero-order valence-electron chi connectivity index (χ0n) is 16.6. The molecular weight excluding hydrogens is 486 g/mol. The lowest BCUT2D eigenvalue weighted by Gasteiger charge is -2.30. The lowest BCUT2D eigenvalue weighted by atomic mass is 9.89. The SMILES string of the molecule is C#CCNC(=O)c1sc2c(c1C)CN(C1=NOC(c3cc(Cl)cc(Cl)c3)(C(F)(F)F)C1)C2. The number of oxime groups is 1. The minimum atomic E-state index is -4.75. The molecule has 2 aromatic rings. The second-order valence-corrected chi connectivity index (χ2v) is 9.44. The molecule has 1 aromatic carbocycles. The summed E-state index contributed by atoms with van der Waals surface area (Å²) in [5, 5.41) is 6.58. The summed E-state index contributed by atoms with van der Waals surface area (Å²) in [5.74, 6) is 2.25. The zero-order valence-corrected chi connectivity index (χ0v) is 19.0. The number of carbonyl (C=O) groups excluding carboxylic acids is 1. The van der Waals surface area contributed by atoms with Gasteiger partial charge in [-0.1, -0.05) is 34.3 Å². The molecule has 168 valence electrons. The number of benzene rings is 1. The highest BCUT2D eigenvalue weighted by Gasteiger charge is 2.63. The van der Waals surface area contributed by atoms with Crippen molar-refractivity contribution in [2.45, 2.75) is 38.2 Å². The first-order valence-electron chi connectivity index (χ1n) is 9.42. The Kier molecular flexibility index (Phi) is 5.82. The highest BCUT2D eigenvalue weighted by atomic mass is 35.5. The Morgan fingerprint density at radius 3 is 2.62 bits per heavy atom. The number of hydrogen-bond acceptors (Lipinski definition) is 5. The van der Waals surface area contributed by atoms with E-state index in [1.807, 2.05) is 6.92 Å². The number of terminal acetylenes is 1. The van der Waals surface area contributed by atoms with Gasteiger partial charge in [0.15, 0.2) is 0 Å². The van der Waals surface area contributed by atoms with Crippen molar-refractivity contribution >= 4 is 46.3 Å².